The third kappa shape index (κ3) is 6.94. The SMILES string of the molecule is N[C@@H](Cc1ccccc1)[C@@H](O)[C@@H](NCc1ccc(OCCO)cc1)C(=O)N[C@H]1c2ccccc2C[C@H]1O. The van der Waals surface area contributed by atoms with Gasteiger partial charge in [0.15, 0.2) is 0 Å². The monoisotopic (exact) mass is 505 g/mol. The molecule has 0 aliphatic heterocycles. The number of hydrogen-bond donors (Lipinski definition) is 6. The number of hydrogen-bond acceptors (Lipinski definition) is 7. The van der Waals surface area contributed by atoms with Gasteiger partial charge in [-0.1, -0.05) is 66.7 Å². The first-order chi connectivity index (χ1) is 18.0. The second kappa shape index (κ2) is 12.8. The molecule has 3 aromatic rings. The van der Waals surface area contributed by atoms with Crippen LogP contribution in [0.25, 0.3) is 0 Å². The van der Waals surface area contributed by atoms with Crippen LogP contribution in [0.2, 0.25) is 0 Å². The Hall–Kier alpha value is -3.27. The summed E-state index contributed by atoms with van der Waals surface area (Å²) >= 11 is 0. The summed E-state index contributed by atoms with van der Waals surface area (Å²) in [6, 6.07) is 22.2. The van der Waals surface area contributed by atoms with Gasteiger partial charge in [0, 0.05) is 19.0 Å². The Bertz CT molecular complexity index is 1140. The van der Waals surface area contributed by atoms with Gasteiger partial charge in [-0.05, 0) is 40.8 Å². The molecule has 3 aromatic carbocycles. The van der Waals surface area contributed by atoms with E-state index in [1.54, 1.807) is 12.1 Å². The first kappa shape index (κ1) is 26.8. The Morgan fingerprint density at radius 3 is 2.43 bits per heavy atom. The molecule has 8 nitrogen and oxygen atoms in total. The summed E-state index contributed by atoms with van der Waals surface area (Å²) in [6.07, 6.45) is -1.07. The van der Waals surface area contributed by atoms with E-state index in [0.29, 0.717) is 25.1 Å². The van der Waals surface area contributed by atoms with Crippen LogP contribution in [0.5, 0.6) is 5.75 Å². The molecule has 0 heterocycles. The predicted octanol–water partition coefficient (Wildman–Crippen LogP) is 1.22. The van der Waals surface area contributed by atoms with Crippen LogP contribution in [0, 0.1) is 0 Å². The molecule has 37 heavy (non-hydrogen) atoms. The summed E-state index contributed by atoms with van der Waals surface area (Å²) in [7, 11) is 0. The van der Waals surface area contributed by atoms with Gasteiger partial charge in [-0.15, -0.1) is 0 Å². The number of nitrogens with two attached hydrogens (primary N) is 1. The van der Waals surface area contributed by atoms with Crippen molar-refractivity contribution in [3.63, 3.8) is 0 Å². The quantitative estimate of drug-likeness (QED) is 0.218. The van der Waals surface area contributed by atoms with Gasteiger partial charge >= 0.3 is 0 Å². The van der Waals surface area contributed by atoms with E-state index >= 15 is 0 Å². The van der Waals surface area contributed by atoms with Crippen molar-refractivity contribution in [2.75, 3.05) is 13.2 Å². The van der Waals surface area contributed by atoms with Gasteiger partial charge in [0.1, 0.15) is 18.4 Å². The molecule has 0 unspecified atom stereocenters. The Labute approximate surface area is 217 Å². The highest BCUT2D eigenvalue weighted by Crippen LogP contribution is 2.31. The number of aliphatic hydroxyl groups excluding tert-OH is 3. The predicted molar refractivity (Wildman–Crippen MR) is 141 cm³/mol. The average molecular weight is 506 g/mol. The highest BCUT2D eigenvalue weighted by Gasteiger charge is 2.36. The third-order valence-corrected chi connectivity index (χ3v) is 6.69. The lowest BCUT2D eigenvalue weighted by atomic mass is 9.95. The van der Waals surface area contributed by atoms with E-state index in [1.807, 2.05) is 66.7 Å². The zero-order valence-electron chi connectivity index (χ0n) is 20.7. The maximum absolute atomic E-state index is 13.5. The fourth-order valence-corrected chi connectivity index (χ4v) is 4.71. The van der Waals surface area contributed by atoms with Gasteiger partial charge in [-0.2, -0.15) is 0 Å². The van der Waals surface area contributed by atoms with Crippen LogP contribution in [0.15, 0.2) is 78.9 Å². The number of amides is 1. The summed E-state index contributed by atoms with van der Waals surface area (Å²) in [5.41, 5.74) is 10.1. The number of nitrogens with one attached hydrogen (secondary N) is 2. The first-order valence-electron chi connectivity index (χ1n) is 12.6. The maximum atomic E-state index is 13.5. The molecule has 7 N–H and O–H groups in total. The molecule has 0 bridgehead atoms. The van der Waals surface area contributed by atoms with Gasteiger partial charge in [-0.25, -0.2) is 0 Å². The first-order valence-corrected chi connectivity index (χ1v) is 12.6. The van der Waals surface area contributed by atoms with Gasteiger partial charge in [-0.3, -0.25) is 10.1 Å². The largest absolute Gasteiger partial charge is 0.491 e. The van der Waals surface area contributed by atoms with Crippen molar-refractivity contribution in [3.05, 3.63) is 101 Å². The normalized spacial score (nSPS) is 19.0. The number of rotatable bonds is 12. The van der Waals surface area contributed by atoms with Crippen molar-refractivity contribution in [3.8, 4) is 5.75 Å². The minimum absolute atomic E-state index is 0.0681. The zero-order chi connectivity index (χ0) is 26.2. The smallest absolute Gasteiger partial charge is 0.240 e. The fourth-order valence-electron chi connectivity index (χ4n) is 4.71. The van der Waals surface area contributed by atoms with E-state index in [0.717, 1.165) is 22.3 Å². The highest BCUT2D eigenvalue weighted by atomic mass is 16.5. The summed E-state index contributed by atoms with van der Waals surface area (Å²) in [5.74, 6) is 0.200. The molecule has 1 aliphatic carbocycles. The molecule has 0 spiro atoms. The zero-order valence-corrected chi connectivity index (χ0v) is 20.7. The minimum atomic E-state index is -1.18. The van der Waals surface area contributed by atoms with E-state index < -0.39 is 36.2 Å². The van der Waals surface area contributed by atoms with Gasteiger partial charge < -0.3 is 31.1 Å². The third-order valence-electron chi connectivity index (χ3n) is 6.69. The number of aliphatic hydroxyl groups is 3. The summed E-state index contributed by atoms with van der Waals surface area (Å²) in [5, 5.41) is 36.9. The Morgan fingerprint density at radius 1 is 1.00 bits per heavy atom. The molecule has 4 rings (SSSR count). The minimum Gasteiger partial charge on any atom is -0.491 e. The van der Waals surface area contributed by atoms with Crippen LogP contribution in [-0.2, 0) is 24.2 Å². The van der Waals surface area contributed by atoms with E-state index in [9.17, 15) is 15.0 Å². The Morgan fingerprint density at radius 2 is 1.70 bits per heavy atom. The molecule has 0 fully saturated rings. The second-order valence-corrected chi connectivity index (χ2v) is 9.38. The van der Waals surface area contributed by atoms with Crippen LogP contribution in [0.1, 0.15) is 28.3 Å². The number of carbonyl (C=O) groups is 1. The van der Waals surface area contributed by atoms with Crippen molar-refractivity contribution in [2.45, 2.75) is 49.7 Å². The van der Waals surface area contributed by atoms with Crippen molar-refractivity contribution in [2.24, 2.45) is 5.73 Å². The summed E-state index contributed by atoms with van der Waals surface area (Å²) < 4.78 is 5.40. The van der Waals surface area contributed by atoms with Gasteiger partial charge in [0.25, 0.3) is 0 Å². The second-order valence-electron chi connectivity index (χ2n) is 9.38. The Kier molecular flexibility index (Phi) is 9.27. The van der Waals surface area contributed by atoms with Crippen LogP contribution < -0.4 is 21.1 Å². The number of benzene rings is 3. The number of fused-ring (bicyclic) bond motifs is 1. The van der Waals surface area contributed by atoms with E-state index in [-0.39, 0.29) is 13.2 Å². The van der Waals surface area contributed by atoms with Crippen molar-refractivity contribution in [1.82, 2.24) is 10.6 Å². The molecule has 8 heteroatoms. The van der Waals surface area contributed by atoms with Crippen molar-refractivity contribution < 1.29 is 24.9 Å². The summed E-state index contributed by atoms with van der Waals surface area (Å²) in [4.78, 5) is 13.5. The molecule has 5 atom stereocenters. The van der Waals surface area contributed by atoms with Crippen molar-refractivity contribution >= 4 is 5.91 Å². The fraction of sp³-hybridized carbons (Fsp3) is 0.345. The topological polar surface area (TPSA) is 137 Å². The van der Waals surface area contributed by atoms with Crippen molar-refractivity contribution in [1.29, 1.82) is 0 Å². The maximum Gasteiger partial charge on any atom is 0.240 e. The molecule has 0 aromatic heterocycles. The van der Waals surface area contributed by atoms with E-state index in [4.69, 9.17) is 15.6 Å². The highest BCUT2D eigenvalue weighted by molar-refractivity contribution is 5.83. The molecule has 196 valence electrons. The van der Waals surface area contributed by atoms with Crippen LogP contribution >= 0.6 is 0 Å². The van der Waals surface area contributed by atoms with E-state index in [1.165, 1.54) is 0 Å². The lowest BCUT2D eigenvalue weighted by Crippen LogP contribution is -2.58. The number of carbonyl (C=O) groups excluding carboxylic acids is 1. The molecule has 1 amide bonds. The molecule has 0 radical (unpaired) electrons. The van der Waals surface area contributed by atoms with Gasteiger partial charge in [0.05, 0.1) is 24.9 Å². The molecule has 0 saturated heterocycles. The molecular weight excluding hydrogens is 470 g/mol. The molecular formula is C29H35N3O5. The molecule has 1 aliphatic rings. The lowest BCUT2D eigenvalue weighted by Gasteiger charge is -2.30. The average Bonchev–Trinajstić information content (AvgIpc) is 3.23. The van der Waals surface area contributed by atoms with Gasteiger partial charge in [0.2, 0.25) is 5.91 Å². The Balaban J connectivity index is 1.48. The molecule has 0 saturated carbocycles. The lowest BCUT2D eigenvalue weighted by molar-refractivity contribution is -0.128. The van der Waals surface area contributed by atoms with Crippen LogP contribution in [0.3, 0.4) is 0 Å². The van der Waals surface area contributed by atoms with E-state index in [2.05, 4.69) is 10.6 Å². The standard InChI is InChI=1S/C29H35N3O5/c30-24(16-19-6-2-1-3-7-19)28(35)27(31-18-20-10-12-22(13-11-20)37-15-14-33)29(36)32-26-23-9-5-4-8-21(23)17-25(26)34/h1-13,24-28,31,33-35H,14-18,30H2,(H,32,36)/t24-,25+,26-,27+,28+/m0/s1. The summed E-state index contributed by atoms with van der Waals surface area (Å²) in [6.45, 7) is 0.445. The number of ether oxygens (including phenoxy) is 1. The van der Waals surface area contributed by atoms with Crippen LogP contribution in [-0.4, -0.2) is 58.7 Å². The van der Waals surface area contributed by atoms with Crippen LogP contribution in [0.4, 0.5) is 0 Å².